The van der Waals surface area contributed by atoms with Crippen LogP contribution >= 0.6 is 15.9 Å². The van der Waals surface area contributed by atoms with Gasteiger partial charge in [0, 0.05) is 24.1 Å². The van der Waals surface area contributed by atoms with Crippen LogP contribution in [0.1, 0.15) is 15.9 Å². The number of nitrogens with zero attached hydrogens (tertiary/aromatic N) is 1. The van der Waals surface area contributed by atoms with Crippen molar-refractivity contribution >= 4 is 27.7 Å². The van der Waals surface area contributed by atoms with Crippen molar-refractivity contribution in [2.24, 2.45) is 0 Å². The summed E-state index contributed by atoms with van der Waals surface area (Å²) in [5.74, 6) is -0.346. The number of hydrogen-bond acceptors (Lipinski definition) is 2. The zero-order chi connectivity index (χ0) is 13.0. The molecule has 0 atom stereocenters. The molecule has 4 nitrogen and oxygen atoms in total. The third-order valence-electron chi connectivity index (χ3n) is 2.50. The molecule has 0 fully saturated rings. The summed E-state index contributed by atoms with van der Waals surface area (Å²) in [6.07, 6.45) is 0. The average Bonchev–Trinajstić information content (AvgIpc) is 2.31. The Morgan fingerprint density at radius 2 is 2.06 bits per heavy atom. The molecule has 2 amide bonds. The molecule has 5 heteroatoms. The van der Waals surface area contributed by atoms with E-state index < -0.39 is 0 Å². The lowest BCUT2D eigenvalue weighted by Crippen LogP contribution is -2.37. The highest BCUT2D eigenvalue weighted by atomic mass is 79.9. The van der Waals surface area contributed by atoms with Crippen LogP contribution in [0.25, 0.3) is 0 Å². The SMILES string of the molecule is CNC(=O)CN(C)C(=O)c1cccc(Br)c1C. The molecule has 1 aromatic carbocycles. The van der Waals surface area contributed by atoms with Crippen LogP contribution in [0, 0.1) is 6.92 Å². The molecular weight excluding hydrogens is 284 g/mol. The van der Waals surface area contributed by atoms with Gasteiger partial charge in [0.1, 0.15) is 0 Å². The lowest BCUT2D eigenvalue weighted by Gasteiger charge is -2.17. The number of carbonyl (C=O) groups excluding carboxylic acids is 2. The van der Waals surface area contributed by atoms with E-state index in [2.05, 4.69) is 21.2 Å². The normalized spacial score (nSPS) is 9.88. The number of carbonyl (C=O) groups is 2. The Morgan fingerprint density at radius 3 is 2.65 bits per heavy atom. The molecule has 0 bridgehead atoms. The number of halogens is 1. The number of nitrogens with one attached hydrogen (secondary N) is 1. The van der Waals surface area contributed by atoms with Crippen LogP contribution in [0.2, 0.25) is 0 Å². The zero-order valence-corrected chi connectivity index (χ0v) is 11.7. The maximum Gasteiger partial charge on any atom is 0.254 e. The van der Waals surface area contributed by atoms with Crippen LogP contribution < -0.4 is 5.32 Å². The first-order chi connectivity index (χ1) is 7.97. The maximum atomic E-state index is 12.1. The van der Waals surface area contributed by atoms with E-state index in [9.17, 15) is 9.59 Å². The first kappa shape index (κ1) is 13.7. The third-order valence-corrected chi connectivity index (χ3v) is 3.36. The van der Waals surface area contributed by atoms with Crippen molar-refractivity contribution in [1.82, 2.24) is 10.2 Å². The second-order valence-electron chi connectivity index (χ2n) is 3.75. The van der Waals surface area contributed by atoms with E-state index in [1.54, 1.807) is 26.2 Å². The molecule has 0 aliphatic carbocycles. The smallest absolute Gasteiger partial charge is 0.254 e. The van der Waals surface area contributed by atoms with Gasteiger partial charge in [-0.3, -0.25) is 9.59 Å². The van der Waals surface area contributed by atoms with Gasteiger partial charge in [-0.1, -0.05) is 22.0 Å². The molecule has 17 heavy (non-hydrogen) atoms. The van der Waals surface area contributed by atoms with Gasteiger partial charge in [-0.05, 0) is 24.6 Å². The fraction of sp³-hybridized carbons (Fsp3) is 0.333. The van der Waals surface area contributed by atoms with Crippen LogP contribution in [0.15, 0.2) is 22.7 Å². The average molecular weight is 299 g/mol. The van der Waals surface area contributed by atoms with Crippen molar-refractivity contribution < 1.29 is 9.59 Å². The van der Waals surface area contributed by atoms with Gasteiger partial charge in [0.05, 0.1) is 6.54 Å². The van der Waals surface area contributed by atoms with E-state index in [0.717, 1.165) is 10.0 Å². The minimum Gasteiger partial charge on any atom is -0.358 e. The van der Waals surface area contributed by atoms with E-state index in [4.69, 9.17) is 0 Å². The summed E-state index contributed by atoms with van der Waals surface area (Å²) >= 11 is 3.38. The van der Waals surface area contributed by atoms with Crippen molar-refractivity contribution in [2.45, 2.75) is 6.92 Å². The summed E-state index contributed by atoms with van der Waals surface area (Å²) in [5.41, 5.74) is 1.48. The largest absolute Gasteiger partial charge is 0.358 e. The molecule has 0 aliphatic rings. The highest BCUT2D eigenvalue weighted by Crippen LogP contribution is 2.20. The number of likely N-dealkylation sites (N-methyl/N-ethyl adjacent to an activating group) is 2. The third kappa shape index (κ3) is 3.30. The maximum absolute atomic E-state index is 12.1. The molecule has 0 heterocycles. The van der Waals surface area contributed by atoms with Crippen LogP contribution in [-0.4, -0.2) is 37.4 Å². The van der Waals surface area contributed by atoms with Crippen LogP contribution in [-0.2, 0) is 4.79 Å². The molecule has 0 spiro atoms. The molecule has 1 aromatic rings. The van der Waals surface area contributed by atoms with Gasteiger partial charge < -0.3 is 10.2 Å². The molecule has 1 N–H and O–H groups in total. The minimum absolute atomic E-state index is 0.0568. The second kappa shape index (κ2) is 5.82. The van der Waals surface area contributed by atoms with Crippen LogP contribution in [0.3, 0.4) is 0 Å². The van der Waals surface area contributed by atoms with Gasteiger partial charge in [0.2, 0.25) is 5.91 Å². The summed E-state index contributed by atoms with van der Waals surface area (Å²) in [4.78, 5) is 24.7. The lowest BCUT2D eigenvalue weighted by atomic mass is 10.1. The predicted octanol–water partition coefficient (Wildman–Crippen LogP) is 1.58. The Kier molecular flexibility index (Phi) is 4.69. The Bertz CT molecular complexity index is 446. The Labute approximate surface area is 109 Å². The topological polar surface area (TPSA) is 49.4 Å². The Hall–Kier alpha value is -1.36. The van der Waals surface area contributed by atoms with Crippen molar-refractivity contribution in [3.63, 3.8) is 0 Å². The van der Waals surface area contributed by atoms with E-state index in [1.807, 2.05) is 13.0 Å². The van der Waals surface area contributed by atoms with Crippen LogP contribution in [0.4, 0.5) is 0 Å². The first-order valence-electron chi connectivity index (χ1n) is 5.18. The fourth-order valence-corrected chi connectivity index (χ4v) is 1.78. The van der Waals surface area contributed by atoms with Gasteiger partial charge in [-0.25, -0.2) is 0 Å². The molecule has 0 unspecified atom stereocenters. The minimum atomic E-state index is -0.187. The first-order valence-corrected chi connectivity index (χ1v) is 5.97. The molecule has 92 valence electrons. The molecule has 0 saturated heterocycles. The van der Waals surface area contributed by atoms with Gasteiger partial charge >= 0.3 is 0 Å². The number of hydrogen-bond donors (Lipinski definition) is 1. The Balaban J connectivity index is 2.89. The van der Waals surface area contributed by atoms with Crippen molar-refractivity contribution in [3.8, 4) is 0 Å². The van der Waals surface area contributed by atoms with E-state index in [-0.39, 0.29) is 18.4 Å². The van der Waals surface area contributed by atoms with Gasteiger partial charge in [0.25, 0.3) is 5.91 Å². The van der Waals surface area contributed by atoms with Gasteiger partial charge in [-0.15, -0.1) is 0 Å². The predicted molar refractivity (Wildman–Crippen MR) is 69.9 cm³/mol. The van der Waals surface area contributed by atoms with Crippen molar-refractivity contribution in [3.05, 3.63) is 33.8 Å². The van der Waals surface area contributed by atoms with E-state index in [1.165, 1.54) is 4.90 Å². The lowest BCUT2D eigenvalue weighted by molar-refractivity contribution is -0.121. The monoisotopic (exact) mass is 298 g/mol. The van der Waals surface area contributed by atoms with Crippen LogP contribution in [0.5, 0.6) is 0 Å². The summed E-state index contributed by atoms with van der Waals surface area (Å²) in [6.45, 7) is 1.92. The second-order valence-corrected chi connectivity index (χ2v) is 4.60. The van der Waals surface area contributed by atoms with Crippen molar-refractivity contribution in [2.75, 3.05) is 20.6 Å². The molecule has 0 radical (unpaired) electrons. The number of rotatable bonds is 3. The molecule has 1 rings (SSSR count). The zero-order valence-electron chi connectivity index (χ0n) is 10.1. The number of benzene rings is 1. The van der Waals surface area contributed by atoms with Crippen molar-refractivity contribution in [1.29, 1.82) is 0 Å². The Morgan fingerprint density at radius 1 is 1.41 bits per heavy atom. The highest BCUT2D eigenvalue weighted by molar-refractivity contribution is 9.10. The molecule has 0 saturated carbocycles. The molecule has 0 aromatic heterocycles. The summed E-state index contributed by atoms with van der Waals surface area (Å²) in [7, 11) is 3.16. The highest BCUT2D eigenvalue weighted by Gasteiger charge is 2.16. The van der Waals surface area contributed by atoms with Gasteiger partial charge in [0.15, 0.2) is 0 Å². The summed E-state index contributed by atoms with van der Waals surface area (Å²) in [6, 6.07) is 5.44. The van der Waals surface area contributed by atoms with E-state index >= 15 is 0 Å². The quantitative estimate of drug-likeness (QED) is 0.921. The fourth-order valence-electron chi connectivity index (χ4n) is 1.41. The standard InChI is InChI=1S/C12H15BrN2O2/c1-8-9(5-4-6-10(8)13)12(17)15(3)7-11(16)14-2/h4-6H,7H2,1-3H3,(H,14,16). The van der Waals surface area contributed by atoms with E-state index in [0.29, 0.717) is 5.56 Å². The molecule has 0 aliphatic heterocycles. The molecular formula is C12H15BrN2O2. The summed E-state index contributed by atoms with van der Waals surface area (Å²) < 4.78 is 0.886. The number of amides is 2. The summed E-state index contributed by atoms with van der Waals surface area (Å²) in [5, 5.41) is 2.49. The van der Waals surface area contributed by atoms with Gasteiger partial charge in [-0.2, -0.15) is 0 Å².